The zero-order valence-corrected chi connectivity index (χ0v) is 17.8. The van der Waals surface area contributed by atoms with Gasteiger partial charge in [-0.05, 0) is 36.4 Å². The number of halogens is 1. The molecule has 2 fully saturated rings. The van der Waals surface area contributed by atoms with Gasteiger partial charge in [0.25, 0.3) is 0 Å². The minimum absolute atomic E-state index is 0.163. The molecule has 6 rings (SSSR count). The van der Waals surface area contributed by atoms with Crippen molar-refractivity contribution in [2.45, 2.75) is 35.6 Å². The summed E-state index contributed by atoms with van der Waals surface area (Å²) >= 11 is 8.17. The summed E-state index contributed by atoms with van der Waals surface area (Å²) in [5.74, 6) is 0.856. The Morgan fingerprint density at radius 2 is 2.20 bits per heavy atom. The fourth-order valence-corrected chi connectivity index (χ4v) is 5.19. The van der Waals surface area contributed by atoms with Gasteiger partial charge < -0.3 is 15.6 Å². The number of pyridine rings is 2. The molecule has 30 heavy (non-hydrogen) atoms. The van der Waals surface area contributed by atoms with E-state index in [2.05, 4.69) is 31.7 Å². The van der Waals surface area contributed by atoms with Crippen molar-refractivity contribution in [3.05, 3.63) is 41.3 Å². The van der Waals surface area contributed by atoms with Gasteiger partial charge in [0.2, 0.25) is 0 Å². The van der Waals surface area contributed by atoms with E-state index in [0.29, 0.717) is 16.2 Å². The predicted molar refractivity (Wildman–Crippen MR) is 118 cm³/mol. The highest BCUT2D eigenvalue weighted by Crippen LogP contribution is 2.40. The summed E-state index contributed by atoms with van der Waals surface area (Å²) in [5, 5.41) is 2.23. The Labute approximate surface area is 181 Å². The van der Waals surface area contributed by atoms with Crippen LogP contribution in [0.2, 0.25) is 5.02 Å². The lowest BCUT2D eigenvalue weighted by atomic mass is 10.3. The molecule has 4 aromatic heterocycles. The summed E-state index contributed by atoms with van der Waals surface area (Å²) in [6, 6.07) is 6.23. The Balaban J connectivity index is 1.42. The maximum Gasteiger partial charge on any atom is 0.196 e. The number of aryl methyl sites for hydroxylation is 1. The van der Waals surface area contributed by atoms with Gasteiger partial charge >= 0.3 is 0 Å². The molecule has 0 radical (unpaired) electrons. The molecule has 8 nitrogen and oxygen atoms in total. The van der Waals surface area contributed by atoms with Gasteiger partial charge in [-0.25, -0.2) is 9.97 Å². The van der Waals surface area contributed by atoms with Crippen LogP contribution in [0.15, 0.2) is 40.6 Å². The van der Waals surface area contributed by atoms with Crippen LogP contribution in [-0.2, 0) is 6.42 Å². The van der Waals surface area contributed by atoms with Crippen molar-refractivity contribution in [2.24, 2.45) is 5.73 Å². The van der Waals surface area contributed by atoms with Crippen LogP contribution >= 0.6 is 23.4 Å². The third kappa shape index (κ3) is 2.84. The fourth-order valence-electron chi connectivity index (χ4n) is 4.08. The molecule has 2 saturated heterocycles. The summed E-state index contributed by atoms with van der Waals surface area (Å²) in [5.41, 5.74) is 9.52. The van der Waals surface area contributed by atoms with Gasteiger partial charge in [-0.15, -0.1) is 0 Å². The standard InChI is InChI=1S/C20H19ClN8S/c1-2-11-16(21)15-18(25-11)26-20(27-19(15)28-8-14-17(22)29(14)9-28)30-10-6-13-12(24-7-10)4-3-5-23-13/h3-7,14,17H,2,8-9,22H2,1H3,(H,25,26,27)/t14-,17+,29?/m0/s1. The molecule has 0 aromatic carbocycles. The van der Waals surface area contributed by atoms with E-state index in [1.54, 1.807) is 6.20 Å². The Morgan fingerprint density at radius 3 is 3.00 bits per heavy atom. The van der Waals surface area contributed by atoms with Crippen molar-refractivity contribution < 1.29 is 0 Å². The second kappa shape index (κ2) is 6.78. The van der Waals surface area contributed by atoms with Crippen molar-refractivity contribution in [2.75, 3.05) is 18.1 Å². The van der Waals surface area contributed by atoms with Crippen LogP contribution in [0.4, 0.5) is 5.82 Å². The smallest absolute Gasteiger partial charge is 0.196 e. The van der Waals surface area contributed by atoms with Gasteiger partial charge in [-0.2, -0.15) is 0 Å². The van der Waals surface area contributed by atoms with E-state index in [9.17, 15) is 0 Å². The number of nitrogens with zero attached hydrogens (tertiary/aromatic N) is 6. The van der Waals surface area contributed by atoms with E-state index < -0.39 is 0 Å². The minimum Gasteiger partial charge on any atom is -0.342 e. The van der Waals surface area contributed by atoms with Gasteiger partial charge in [-0.3, -0.25) is 14.9 Å². The lowest BCUT2D eigenvalue weighted by Gasteiger charge is -2.21. The molecule has 2 aliphatic heterocycles. The SMILES string of the molecule is CCc1[nH]c2nc(Sc3cnc4cccnc4c3)nc(N3C[C@H]4[C@H](N)N4C3)c2c1Cl. The maximum atomic E-state index is 6.69. The number of aromatic nitrogens is 5. The van der Waals surface area contributed by atoms with E-state index in [1.807, 2.05) is 24.4 Å². The molecule has 4 aromatic rings. The van der Waals surface area contributed by atoms with Gasteiger partial charge in [0.1, 0.15) is 11.5 Å². The van der Waals surface area contributed by atoms with Crippen molar-refractivity contribution >= 4 is 51.2 Å². The largest absolute Gasteiger partial charge is 0.342 e. The summed E-state index contributed by atoms with van der Waals surface area (Å²) in [6.07, 6.45) is 4.57. The molecule has 0 amide bonds. The normalized spacial score (nSPS) is 22.8. The first-order valence-electron chi connectivity index (χ1n) is 9.85. The molecule has 0 saturated carbocycles. The molecular weight excluding hydrogens is 420 g/mol. The Bertz CT molecular complexity index is 1280. The summed E-state index contributed by atoms with van der Waals surface area (Å²) in [6.45, 7) is 3.68. The van der Waals surface area contributed by atoms with E-state index in [-0.39, 0.29) is 6.17 Å². The topological polar surface area (TPSA) is 99.6 Å². The molecule has 1 unspecified atom stereocenters. The van der Waals surface area contributed by atoms with Crippen LogP contribution in [0.25, 0.3) is 22.1 Å². The van der Waals surface area contributed by atoms with Crippen LogP contribution in [0, 0.1) is 0 Å². The van der Waals surface area contributed by atoms with Crippen LogP contribution in [0.5, 0.6) is 0 Å². The number of H-pyrrole nitrogens is 1. The third-order valence-electron chi connectivity index (χ3n) is 5.77. The van der Waals surface area contributed by atoms with E-state index in [4.69, 9.17) is 27.3 Å². The monoisotopic (exact) mass is 438 g/mol. The fraction of sp³-hybridized carbons (Fsp3) is 0.300. The summed E-state index contributed by atoms with van der Waals surface area (Å²) in [7, 11) is 0. The zero-order chi connectivity index (χ0) is 20.4. The molecule has 10 heteroatoms. The molecule has 3 N–H and O–H groups in total. The highest BCUT2D eigenvalue weighted by atomic mass is 35.5. The second-order valence-electron chi connectivity index (χ2n) is 7.58. The highest BCUT2D eigenvalue weighted by Gasteiger charge is 2.52. The lowest BCUT2D eigenvalue weighted by molar-refractivity contribution is 0.536. The van der Waals surface area contributed by atoms with Gasteiger partial charge in [0, 0.05) is 29.5 Å². The molecule has 6 heterocycles. The highest BCUT2D eigenvalue weighted by molar-refractivity contribution is 7.99. The number of fused-ring (bicyclic) bond motifs is 3. The van der Waals surface area contributed by atoms with Crippen LogP contribution in [0.1, 0.15) is 12.6 Å². The van der Waals surface area contributed by atoms with Crippen LogP contribution < -0.4 is 10.6 Å². The molecule has 0 aliphatic carbocycles. The number of hydrogen-bond donors (Lipinski definition) is 2. The summed E-state index contributed by atoms with van der Waals surface area (Å²) in [4.78, 5) is 27.4. The van der Waals surface area contributed by atoms with Crippen LogP contribution in [0.3, 0.4) is 0 Å². The van der Waals surface area contributed by atoms with Crippen molar-refractivity contribution in [3.63, 3.8) is 0 Å². The number of rotatable bonds is 4. The van der Waals surface area contributed by atoms with E-state index in [0.717, 1.165) is 58.1 Å². The zero-order valence-electron chi connectivity index (χ0n) is 16.2. The predicted octanol–water partition coefficient (Wildman–Crippen LogP) is 3.01. The van der Waals surface area contributed by atoms with Crippen molar-refractivity contribution in [1.29, 1.82) is 0 Å². The Kier molecular flexibility index (Phi) is 4.14. The molecule has 0 bridgehead atoms. The average Bonchev–Trinajstić information content (AvgIpc) is 3.10. The van der Waals surface area contributed by atoms with Gasteiger partial charge in [0.15, 0.2) is 5.16 Å². The summed E-state index contributed by atoms with van der Waals surface area (Å²) < 4.78 is 0. The average molecular weight is 439 g/mol. The molecule has 2 aliphatic rings. The Hall–Kier alpha value is -2.46. The number of aromatic amines is 1. The van der Waals surface area contributed by atoms with E-state index >= 15 is 0 Å². The van der Waals surface area contributed by atoms with Crippen LogP contribution in [-0.4, -0.2) is 55.2 Å². The lowest BCUT2D eigenvalue weighted by Crippen LogP contribution is -2.31. The molecular formula is C20H19ClN8S. The Morgan fingerprint density at radius 1 is 1.30 bits per heavy atom. The third-order valence-corrected chi connectivity index (χ3v) is 7.01. The number of hydrogen-bond acceptors (Lipinski definition) is 8. The van der Waals surface area contributed by atoms with Gasteiger partial charge in [0.05, 0.1) is 40.3 Å². The number of nitrogens with two attached hydrogens (primary N) is 1. The quantitative estimate of drug-likeness (QED) is 0.370. The maximum absolute atomic E-state index is 6.69. The van der Waals surface area contributed by atoms with Crippen molar-refractivity contribution in [1.82, 2.24) is 29.8 Å². The van der Waals surface area contributed by atoms with Gasteiger partial charge in [-0.1, -0.05) is 18.5 Å². The second-order valence-corrected chi connectivity index (χ2v) is 8.99. The van der Waals surface area contributed by atoms with E-state index in [1.165, 1.54) is 11.8 Å². The number of anilines is 1. The first-order chi connectivity index (χ1) is 14.6. The first-order valence-corrected chi connectivity index (χ1v) is 11.0. The molecule has 0 spiro atoms. The van der Waals surface area contributed by atoms with Crippen molar-refractivity contribution in [3.8, 4) is 0 Å². The molecule has 3 atom stereocenters. The molecule has 152 valence electrons. The number of nitrogens with one attached hydrogen (secondary N) is 1. The first kappa shape index (κ1) is 18.3. The minimum atomic E-state index is 0.163.